The highest BCUT2D eigenvalue weighted by atomic mass is 19.3. The molecule has 0 aromatic rings. The summed E-state index contributed by atoms with van der Waals surface area (Å²) in [6.07, 6.45) is 0.542. The van der Waals surface area contributed by atoms with Gasteiger partial charge in [0, 0.05) is 6.42 Å². The van der Waals surface area contributed by atoms with E-state index in [0.29, 0.717) is 6.42 Å². The van der Waals surface area contributed by atoms with Crippen molar-refractivity contribution in [3.63, 3.8) is 0 Å². The molecule has 1 rings (SSSR count). The van der Waals surface area contributed by atoms with Crippen LogP contribution in [-0.2, 0) is 0 Å². The molecule has 0 aromatic heterocycles. The molecule has 66 valence electrons. The summed E-state index contributed by atoms with van der Waals surface area (Å²) in [4.78, 5) is 0. The maximum Gasteiger partial charge on any atom is 0.268 e. The normalized spacial score (nSPS) is 35.5. The molecule has 2 N–H and O–H groups in total. The van der Waals surface area contributed by atoms with Crippen molar-refractivity contribution >= 4 is 0 Å². The van der Waals surface area contributed by atoms with E-state index in [1.54, 1.807) is 13.8 Å². The van der Waals surface area contributed by atoms with Crippen LogP contribution in [0.15, 0.2) is 0 Å². The second-order valence-electron chi connectivity index (χ2n) is 4.09. The summed E-state index contributed by atoms with van der Waals surface area (Å²) < 4.78 is 25.5. The number of rotatable bonds is 2. The highest BCUT2D eigenvalue weighted by Gasteiger charge is 2.74. The Kier molecular flexibility index (Phi) is 1.58. The predicted octanol–water partition coefficient (Wildman–Crippen LogP) is 2.16. The Balaban J connectivity index is 2.78. The first-order valence-corrected chi connectivity index (χ1v) is 3.93. The standard InChI is InChI=1S/C8H15F2N/c1-4-6(2,3)7(11)5-8(7,9)10/h4-5,11H2,1-3H3. The monoisotopic (exact) mass is 163 g/mol. The minimum atomic E-state index is -2.63. The van der Waals surface area contributed by atoms with Crippen LogP contribution in [0.2, 0.25) is 0 Å². The van der Waals surface area contributed by atoms with Crippen molar-refractivity contribution in [2.45, 2.75) is 45.1 Å². The van der Waals surface area contributed by atoms with Gasteiger partial charge in [0.25, 0.3) is 5.92 Å². The summed E-state index contributed by atoms with van der Waals surface area (Å²) in [6, 6.07) is 0. The molecule has 1 nitrogen and oxygen atoms in total. The van der Waals surface area contributed by atoms with E-state index in [1.165, 1.54) is 0 Å². The third-order valence-corrected chi connectivity index (χ3v) is 3.12. The lowest BCUT2D eigenvalue weighted by molar-refractivity contribution is 0.0490. The van der Waals surface area contributed by atoms with E-state index in [0.717, 1.165) is 0 Å². The zero-order valence-electron chi connectivity index (χ0n) is 7.25. The van der Waals surface area contributed by atoms with Crippen LogP contribution in [0.1, 0.15) is 33.6 Å². The van der Waals surface area contributed by atoms with Gasteiger partial charge in [0.05, 0.1) is 5.54 Å². The lowest BCUT2D eigenvalue weighted by Crippen LogP contribution is -2.44. The second kappa shape index (κ2) is 1.94. The highest BCUT2D eigenvalue weighted by Crippen LogP contribution is 2.60. The van der Waals surface area contributed by atoms with Crippen LogP contribution in [0.25, 0.3) is 0 Å². The van der Waals surface area contributed by atoms with E-state index >= 15 is 0 Å². The maximum absolute atomic E-state index is 12.7. The molecule has 0 saturated heterocycles. The molecule has 1 aliphatic carbocycles. The second-order valence-corrected chi connectivity index (χ2v) is 4.09. The molecule has 0 amide bonds. The number of hydrogen-bond donors (Lipinski definition) is 1. The molecule has 0 aromatic carbocycles. The van der Waals surface area contributed by atoms with Gasteiger partial charge in [0.2, 0.25) is 0 Å². The largest absolute Gasteiger partial charge is 0.319 e. The van der Waals surface area contributed by atoms with Crippen molar-refractivity contribution in [1.82, 2.24) is 0 Å². The molecule has 1 unspecified atom stereocenters. The Morgan fingerprint density at radius 3 is 1.91 bits per heavy atom. The van der Waals surface area contributed by atoms with Gasteiger partial charge in [-0.05, 0) is 11.8 Å². The predicted molar refractivity (Wildman–Crippen MR) is 40.6 cm³/mol. The van der Waals surface area contributed by atoms with Crippen molar-refractivity contribution in [2.75, 3.05) is 0 Å². The first kappa shape index (κ1) is 8.91. The van der Waals surface area contributed by atoms with Crippen molar-refractivity contribution in [2.24, 2.45) is 11.1 Å². The summed E-state index contributed by atoms with van der Waals surface area (Å²) in [5.74, 6) is -2.63. The van der Waals surface area contributed by atoms with Gasteiger partial charge in [0.1, 0.15) is 0 Å². The van der Waals surface area contributed by atoms with Crippen LogP contribution in [0.5, 0.6) is 0 Å². The fraction of sp³-hybridized carbons (Fsp3) is 1.00. The summed E-state index contributed by atoms with van der Waals surface area (Å²) in [7, 11) is 0. The van der Waals surface area contributed by atoms with Crippen molar-refractivity contribution in [3.05, 3.63) is 0 Å². The average molecular weight is 163 g/mol. The van der Waals surface area contributed by atoms with Gasteiger partial charge in [0.15, 0.2) is 0 Å². The van der Waals surface area contributed by atoms with Crippen LogP contribution in [-0.4, -0.2) is 11.5 Å². The van der Waals surface area contributed by atoms with Crippen LogP contribution in [0, 0.1) is 5.41 Å². The van der Waals surface area contributed by atoms with Crippen molar-refractivity contribution in [3.8, 4) is 0 Å². The Bertz CT molecular complexity index is 177. The molecular weight excluding hydrogens is 148 g/mol. The third kappa shape index (κ3) is 0.975. The molecule has 0 spiro atoms. The smallest absolute Gasteiger partial charge is 0.268 e. The number of halogens is 2. The molecule has 0 bridgehead atoms. The van der Waals surface area contributed by atoms with Gasteiger partial charge >= 0.3 is 0 Å². The Labute approximate surface area is 66.0 Å². The highest BCUT2D eigenvalue weighted by molar-refractivity contribution is 5.22. The Morgan fingerprint density at radius 1 is 1.45 bits per heavy atom. The van der Waals surface area contributed by atoms with E-state index in [9.17, 15) is 8.78 Å². The third-order valence-electron chi connectivity index (χ3n) is 3.12. The average Bonchev–Trinajstić information content (AvgIpc) is 2.35. The van der Waals surface area contributed by atoms with Crippen LogP contribution in [0.4, 0.5) is 8.78 Å². The summed E-state index contributed by atoms with van der Waals surface area (Å²) in [5.41, 5.74) is 3.87. The van der Waals surface area contributed by atoms with E-state index in [-0.39, 0.29) is 6.42 Å². The van der Waals surface area contributed by atoms with Gasteiger partial charge in [-0.15, -0.1) is 0 Å². The zero-order chi connectivity index (χ0) is 8.91. The number of nitrogens with two attached hydrogens (primary N) is 1. The SMILES string of the molecule is CCC(C)(C)C1(N)CC1(F)F. The van der Waals surface area contributed by atoms with E-state index in [2.05, 4.69) is 0 Å². The van der Waals surface area contributed by atoms with Gasteiger partial charge in [-0.2, -0.15) is 0 Å². The fourth-order valence-electron chi connectivity index (χ4n) is 1.36. The minimum Gasteiger partial charge on any atom is -0.319 e. The Morgan fingerprint density at radius 2 is 1.82 bits per heavy atom. The topological polar surface area (TPSA) is 26.0 Å². The molecule has 1 saturated carbocycles. The molecule has 0 aliphatic heterocycles. The minimum absolute atomic E-state index is 0.152. The summed E-state index contributed by atoms with van der Waals surface area (Å²) in [5, 5.41) is 0. The summed E-state index contributed by atoms with van der Waals surface area (Å²) in [6.45, 7) is 5.49. The summed E-state index contributed by atoms with van der Waals surface area (Å²) >= 11 is 0. The molecule has 11 heavy (non-hydrogen) atoms. The molecule has 0 heterocycles. The quantitative estimate of drug-likeness (QED) is 0.663. The van der Waals surface area contributed by atoms with E-state index < -0.39 is 16.9 Å². The van der Waals surface area contributed by atoms with E-state index in [4.69, 9.17) is 5.73 Å². The van der Waals surface area contributed by atoms with Crippen LogP contribution in [0.3, 0.4) is 0 Å². The van der Waals surface area contributed by atoms with Gasteiger partial charge in [-0.1, -0.05) is 20.8 Å². The molecule has 0 radical (unpaired) electrons. The first-order valence-electron chi connectivity index (χ1n) is 3.93. The number of alkyl halides is 2. The van der Waals surface area contributed by atoms with Crippen LogP contribution >= 0.6 is 0 Å². The zero-order valence-corrected chi connectivity index (χ0v) is 7.25. The number of hydrogen-bond acceptors (Lipinski definition) is 1. The fourth-order valence-corrected chi connectivity index (χ4v) is 1.36. The molecule has 1 fully saturated rings. The van der Waals surface area contributed by atoms with E-state index in [1.807, 2.05) is 6.92 Å². The van der Waals surface area contributed by atoms with Crippen LogP contribution < -0.4 is 5.73 Å². The first-order chi connectivity index (χ1) is 4.77. The van der Waals surface area contributed by atoms with Gasteiger partial charge in [-0.25, -0.2) is 8.78 Å². The van der Waals surface area contributed by atoms with Gasteiger partial charge < -0.3 is 5.73 Å². The Hall–Kier alpha value is -0.180. The van der Waals surface area contributed by atoms with Crippen molar-refractivity contribution < 1.29 is 8.78 Å². The maximum atomic E-state index is 12.7. The molecule has 3 heteroatoms. The lowest BCUT2D eigenvalue weighted by atomic mass is 9.79. The molecular formula is C8H15F2N. The molecule has 1 atom stereocenters. The molecule has 1 aliphatic rings. The van der Waals surface area contributed by atoms with Crippen molar-refractivity contribution in [1.29, 1.82) is 0 Å². The lowest BCUT2D eigenvalue weighted by Gasteiger charge is -2.30. The van der Waals surface area contributed by atoms with Gasteiger partial charge in [-0.3, -0.25) is 0 Å².